The molecule has 13 heteroatoms. The van der Waals surface area contributed by atoms with Crippen LogP contribution in [0.2, 0.25) is 0 Å². The first-order valence-corrected chi connectivity index (χ1v) is 10.5. The molecule has 1 aromatic rings. The van der Waals surface area contributed by atoms with Crippen LogP contribution in [0.3, 0.4) is 0 Å². The van der Waals surface area contributed by atoms with E-state index in [0.717, 1.165) is 12.1 Å². The van der Waals surface area contributed by atoms with Gasteiger partial charge in [-0.1, -0.05) is 0 Å². The van der Waals surface area contributed by atoms with Gasteiger partial charge in [0.1, 0.15) is 11.4 Å². The normalized spacial score (nSPS) is 20.1. The standard InChI is InChI=1S/C21H25F3N4O6/c1-21(2,3)34-20(32)25-14-9-33-5-4-15(14)28-8-12-11(19(28)31)6-10(7-13(12)22)17(29)26-27-18(30)16(23)24/h6-7,14-16H,4-5,8-9H2,1-3H3,(H,25,32)(H,26,29)(H,27,30)/t14-,15-/m1/s1. The largest absolute Gasteiger partial charge is 0.444 e. The highest BCUT2D eigenvalue weighted by atomic mass is 19.3. The molecular formula is C21H25F3N4O6. The van der Waals surface area contributed by atoms with Gasteiger partial charge in [0, 0.05) is 23.3 Å². The molecule has 4 amide bonds. The van der Waals surface area contributed by atoms with Crippen LogP contribution in [0, 0.1) is 5.82 Å². The number of fused-ring (bicyclic) bond motifs is 1. The van der Waals surface area contributed by atoms with Gasteiger partial charge in [0.2, 0.25) is 0 Å². The van der Waals surface area contributed by atoms with Gasteiger partial charge >= 0.3 is 18.4 Å². The van der Waals surface area contributed by atoms with Crippen molar-refractivity contribution in [2.45, 2.75) is 57.8 Å². The molecule has 2 aliphatic rings. The Hall–Kier alpha value is -3.35. The van der Waals surface area contributed by atoms with Gasteiger partial charge in [-0.3, -0.25) is 25.2 Å². The van der Waals surface area contributed by atoms with E-state index in [1.807, 2.05) is 0 Å². The second kappa shape index (κ2) is 9.87. The molecule has 2 atom stereocenters. The van der Waals surface area contributed by atoms with Gasteiger partial charge in [-0.15, -0.1) is 0 Å². The number of alkyl halides is 2. The lowest BCUT2D eigenvalue weighted by atomic mass is 10.0. The molecule has 10 nitrogen and oxygen atoms in total. The summed E-state index contributed by atoms with van der Waals surface area (Å²) in [5.41, 5.74) is 2.17. The number of carbonyl (C=O) groups is 4. The molecule has 0 spiro atoms. The van der Waals surface area contributed by atoms with E-state index in [1.54, 1.807) is 26.2 Å². The van der Waals surface area contributed by atoms with Gasteiger partial charge < -0.3 is 19.7 Å². The fourth-order valence-electron chi connectivity index (χ4n) is 3.73. The van der Waals surface area contributed by atoms with Crippen LogP contribution >= 0.6 is 0 Å². The molecule has 0 bridgehead atoms. The fraction of sp³-hybridized carbons (Fsp3) is 0.524. The molecule has 0 aromatic heterocycles. The van der Waals surface area contributed by atoms with Crippen LogP contribution in [0.1, 0.15) is 53.5 Å². The first kappa shape index (κ1) is 25.3. The first-order chi connectivity index (χ1) is 15.9. The third-order valence-electron chi connectivity index (χ3n) is 5.20. The van der Waals surface area contributed by atoms with Crippen molar-refractivity contribution in [3.05, 3.63) is 34.6 Å². The third-order valence-corrected chi connectivity index (χ3v) is 5.20. The second-order valence-electron chi connectivity index (χ2n) is 8.84. The van der Waals surface area contributed by atoms with Crippen LogP contribution < -0.4 is 16.2 Å². The number of amides is 4. The predicted molar refractivity (Wildman–Crippen MR) is 110 cm³/mol. The number of benzene rings is 1. The summed E-state index contributed by atoms with van der Waals surface area (Å²) in [6.45, 7) is 5.45. The van der Waals surface area contributed by atoms with Gasteiger partial charge in [-0.2, -0.15) is 8.78 Å². The Labute approximate surface area is 193 Å². The number of rotatable bonds is 4. The van der Waals surface area contributed by atoms with Crippen molar-refractivity contribution < 1.29 is 41.8 Å². The zero-order valence-electron chi connectivity index (χ0n) is 18.7. The minimum atomic E-state index is -3.35. The Morgan fingerprint density at radius 1 is 1.21 bits per heavy atom. The van der Waals surface area contributed by atoms with Gasteiger partial charge in [0.15, 0.2) is 0 Å². The van der Waals surface area contributed by atoms with Gasteiger partial charge in [0.25, 0.3) is 11.8 Å². The molecule has 2 aliphatic heterocycles. The molecule has 0 saturated carbocycles. The molecule has 1 fully saturated rings. The van der Waals surface area contributed by atoms with Crippen LogP contribution in [0.4, 0.5) is 18.0 Å². The molecule has 0 unspecified atom stereocenters. The van der Waals surface area contributed by atoms with Crippen molar-refractivity contribution >= 4 is 23.8 Å². The van der Waals surface area contributed by atoms with Gasteiger partial charge in [-0.05, 0) is 39.3 Å². The highest BCUT2D eigenvalue weighted by molar-refractivity contribution is 6.03. The monoisotopic (exact) mass is 486 g/mol. The predicted octanol–water partition coefficient (Wildman–Crippen LogP) is 1.49. The second-order valence-corrected chi connectivity index (χ2v) is 8.84. The van der Waals surface area contributed by atoms with E-state index in [-0.39, 0.29) is 29.8 Å². The van der Waals surface area contributed by atoms with Crippen LogP contribution in [0.5, 0.6) is 0 Å². The average Bonchev–Trinajstić information content (AvgIpc) is 3.07. The van der Waals surface area contributed by atoms with E-state index in [0.29, 0.717) is 13.0 Å². The molecule has 1 aromatic carbocycles. The number of ether oxygens (including phenoxy) is 2. The number of hydrogen-bond acceptors (Lipinski definition) is 6. The van der Waals surface area contributed by atoms with Crippen molar-refractivity contribution in [1.82, 2.24) is 21.1 Å². The Bertz CT molecular complexity index is 997. The van der Waals surface area contributed by atoms with Crippen molar-refractivity contribution in [1.29, 1.82) is 0 Å². The third kappa shape index (κ3) is 5.76. The summed E-state index contributed by atoms with van der Waals surface area (Å²) < 4.78 is 50.0. The Morgan fingerprint density at radius 3 is 2.56 bits per heavy atom. The highest BCUT2D eigenvalue weighted by Crippen LogP contribution is 2.31. The summed E-state index contributed by atoms with van der Waals surface area (Å²) >= 11 is 0. The van der Waals surface area contributed by atoms with E-state index in [4.69, 9.17) is 9.47 Å². The lowest BCUT2D eigenvalue weighted by Crippen LogP contribution is -2.57. The number of nitrogens with zero attached hydrogens (tertiary/aromatic N) is 1. The van der Waals surface area contributed by atoms with E-state index < -0.39 is 53.7 Å². The maximum atomic E-state index is 14.8. The minimum absolute atomic E-state index is 0.0562. The average molecular weight is 486 g/mol. The van der Waals surface area contributed by atoms with Gasteiger partial charge in [0.05, 0.1) is 25.2 Å². The number of carbonyl (C=O) groups excluding carboxylic acids is 4. The van der Waals surface area contributed by atoms with E-state index in [2.05, 4.69) is 5.32 Å². The molecule has 1 saturated heterocycles. The molecule has 0 aliphatic carbocycles. The summed E-state index contributed by atoms with van der Waals surface area (Å²) in [5.74, 6) is -4.22. The smallest absolute Gasteiger partial charge is 0.408 e. The zero-order valence-corrected chi connectivity index (χ0v) is 18.7. The topological polar surface area (TPSA) is 126 Å². The SMILES string of the molecule is CC(C)(C)OC(=O)N[C@@H]1COCC[C@H]1N1Cc2c(F)cc(C(=O)NNC(=O)C(F)F)cc2C1=O. The Balaban J connectivity index is 1.76. The van der Waals surface area contributed by atoms with Crippen molar-refractivity contribution in [2.75, 3.05) is 13.2 Å². The number of hydrogen-bond donors (Lipinski definition) is 3. The quantitative estimate of drug-likeness (QED) is 0.554. The summed E-state index contributed by atoms with van der Waals surface area (Å²) in [6, 6.07) is 0.834. The van der Waals surface area contributed by atoms with Crippen molar-refractivity contribution in [3.8, 4) is 0 Å². The first-order valence-electron chi connectivity index (χ1n) is 10.5. The lowest BCUT2D eigenvalue weighted by molar-refractivity contribution is -0.132. The lowest BCUT2D eigenvalue weighted by Gasteiger charge is -2.38. The fourth-order valence-corrected chi connectivity index (χ4v) is 3.73. The Morgan fingerprint density at radius 2 is 1.91 bits per heavy atom. The van der Waals surface area contributed by atoms with Gasteiger partial charge in [-0.25, -0.2) is 9.18 Å². The maximum Gasteiger partial charge on any atom is 0.408 e. The number of halogens is 3. The maximum absolute atomic E-state index is 14.8. The Kier molecular flexibility index (Phi) is 7.34. The minimum Gasteiger partial charge on any atom is -0.444 e. The number of nitrogens with one attached hydrogen (secondary N) is 3. The van der Waals surface area contributed by atoms with Crippen LogP contribution in [-0.4, -0.2) is 66.0 Å². The van der Waals surface area contributed by atoms with Crippen LogP contribution in [0.25, 0.3) is 0 Å². The highest BCUT2D eigenvalue weighted by Gasteiger charge is 2.41. The number of alkyl carbamates (subject to hydrolysis) is 1. The molecule has 186 valence electrons. The van der Waals surface area contributed by atoms with Crippen LogP contribution in [-0.2, 0) is 20.8 Å². The molecule has 0 radical (unpaired) electrons. The van der Waals surface area contributed by atoms with E-state index in [1.165, 1.54) is 10.3 Å². The van der Waals surface area contributed by atoms with E-state index in [9.17, 15) is 32.3 Å². The summed E-state index contributed by atoms with van der Waals surface area (Å²) in [4.78, 5) is 49.8. The number of hydrazine groups is 1. The summed E-state index contributed by atoms with van der Waals surface area (Å²) in [6.07, 6.45) is -3.67. The molecular weight excluding hydrogens is 461 g/mol. The summed E-state index contributed by atoms with van der Waals surface area (Å²) in [5, 5.41) is 2.69. The molecule has 34 heavy (non-hydrogen) atoms. The van der Waals surface area contributed by atoms with E-state index >= 15 is 0 Å². The summed E-state index contributed by atoms with van der Waals surface area (Å²) in [7, 11) is 0. The molecule has 2 heterocycles. The van der Waals surface area contributed by atoms with Crippen LogP contribution in [0.15, 0.2) is 12.1 Å². The molecule has 3 N–H and O–H groups in total. The molecule has 3 rings (SSSR count). The van der Waals surface area contributed by atoms with Crippen molar-refractivity contribution in [2.24, 2.45) is 0 Å². The van der Waals surface area contributed by atoms with Crippen molar-refractivity contribution in [3.63, 3.8) is 0 Å². The zero-order chi connectivity index (χ0) is 25.2.